The van der Waals surface area contributed by atoms with E-state index in [9.17, 15) is 9.59 Å². The van der Waals surface area contributed by atoms with Crippen molar-refractivity contribution in [3.63, 3.8) is 0 Å². The van der Waals surface area contributed by atoms with Crippen molar-refractivity contribution in [1.82, 2.24) is 9.97 Å². The summed E-state index contributed by atoms with van der Waals surface area (Å²) in [5.41, 5.74) is 2.75. The number of nitrogens with zero attached hydrogens (tertiary/aromatic N) is 1. The van der Waals surface area contributed by atoms with E-state index in [0.717, 1.165) is 21.7 Å². The molecule has 124 valence electrons. The summed E-state index contributed by atoms with van der Waals surface area (Å²) in [5.74, 6) is 0.0606. The molecule has 2 heterocycles. The highest BCUT2D eigenvalue weighted by molar-refractivity contribution is 7.99. The monoisotopic (exact) mass is 359 g/mol. The quantitative estimate of drug-likeness (QED) is 0.551. The molecule has 5 nitrogen and oxygen atoms in total. The summed E-state index contributed by atoms with van der Waals surface area (Å²) in [7, 11) is 0. The molecule has 0 aliphatic rings. The van der Waals surface area contributed by atoms with Crippen molar-refractivity contribution in [1.29, 1.82) is 0 Å². The van der Waals surface area contributed by atoms with Gasteiger partial charge in [0.15, 0.2) is 5.16 Å². The smallest absolute Gasteiger partial charge is 0.260 e. The molecular weight excluding hydrogens is 342 g/mol. The topological polar surface area (TPSA) is 74.8 Å². The lowest BCUT2D eigenvalue weighted by Crippen LogP contribution is -2.16. The van der Waals surface area contributed by atoms with Gasteiger partial charge in [-0.25, -0.2) is 4.98 Å². The van der Waals surface area contributed by atoms with Crippen molar-refractivity contribution in [3.8, 4) is 0 Å². The number of carbonyl (C=O) groups is 1. The molecule has 0 radical (unpaired) electrons. The van der Waals surface area contributed by atoms with Crippen molar-refractivity contribution in [2.75, 3.05) is 11.1 Å². The molecule has 7 heteroatoms. The zero-order chi connectivity index (χ0) is 17.3. The number of fused-ring (bicyclic) bond motifs is 1. The number of thiophene rings is 1. The van der Waals surface area contributed by atoms with Gasteiger partial charge in [-0.2, -0.15) is 0 Å². The number of aromatic amines is 1. The Labute approximate surface area is 147 Å². The largest absolute Gasteiger partial charge is 0.325 e. The van der Waals surface area contributed by atoms with Crippen LogP contribution in [-0.4, -0.2) is 21.6 Å². The first-order chi connectivity index (χ1) is 11.4. The van der Waals surface area contributed by atoms with Gasteiger partial charge in [0.2, 0.25) is 5.91 Å². The Morgan fingerprint density at radius 1 is 1.29 bits per heavy atom. The SMILES string of the molecule is Cc1ccc(C)c(NC(=O)CSc2nc3sc(C)cc3c(=O)[nH]2)c1. The van der Waals surface area contributed by atoms with Crippen molar-refractivity contribution in [3.05, 3.63) is 50.6 Å². The molecule has 0 fully saturated rings. The van der Waals surface area contributed by atoms with Gasteiger partial charge in [0.05, 0.1) is 11.1 Å². The van der Waals surface area contributed by atoms with Gasteiger partial charge in [0, 0.05) is 10.6 Å². The average molecular weight is 359 g/mol. The van der Waals surface area contributed by atoms with Gasteiger partial charge < -0.3 is 10.3 Å². The van der Waals surface area contributed by atoms with E-state index in [4.69, 9.17) is 0 Å². The molecule has 0 spiro atoms. The molecule has 3 aromatic rings. The normalized spacial score (nSPS) is 11.0. The fraction of sp³-hybridized carbons (Fsp3) is 0.235. The number of aryl methyl sites for hydroxylation is 3. The zero-order valence-electron chi connectivity index (χ0n) is 13.6. The summed E-state index contributed by atoms with van der Waals surface area (Å²) >= 11 is 2.70. The van der Waals surface area contributed by atoms with Gasteiger partial charge in [0.1, 0.15) is 4.83 Å². The van der Waals surface area contributed by atoms with E-state index in [1.165, 1.54) is 23.1 Å². The predicted molar refractivity (Wildman–Crippen MR) is 100 cm³/mol. The van der Waals surface area contributed by atoms with E-state index in [2.05, 4.69) is 15.3 Å². The van der Waals surface area contributed by atoms with Crippen molar-refractivity contribution in [2.24, 2.45) is 0 Å². The Kier molecular flexibility index (Phi) is 4.73. The number of amides is 1. The lowest BCUT2D eigenvalue weighted by Gasteiger charge is -2.09. The van der Waals surface area contributed by atoms with Gasteiger partial charge in [0.25, 0.3) is 5.56 Å². The fourth-order valence-electron chi connectivity index (χ4n) is 2.29. The molecule has 1 amide bonds. The maximum Gasteiger partial charge on any atom is 0.260 e. The molecule has 0 saturated carbocycles. The van der Waals surface area contributed by atoms with Crippen molar-refractivity contribution < 1.29 is 4.79 Å². The highest BCUT2D eigenvalue weighted by atomic mass is 32.2. The minimum Gasteiger partial charge on any atom is -0.325 e. The second kappa shape index (κ2) is 6.78. The maximum absolute atomic E-state index is 12.2. The number of benzene rings is 1. The standard InChI is InChI=1S/C17H17N3O2S2/c1-9-4-5-10(2)13(6-9)18-14(21)8-23-17-19-15(22)12-7-11(3)24-16(12)20-17/h4-7H,8H2,1-3H3,(H,18,21)(H,19,20,22). The summed E-state index contributed by atoms with van der Waals surface area (Å²) in [5, 5.41) is 3.96. The van der Waals surface area contributed by atoms with Crippen LogP contribution >= 0.6 is 23.1 Å². The van der Waals surface area contributed by atoms with E-state index in [1.54, 1.807) is 0 Å². The Bertz CT molecular complexity index is 976. The summed E-state index contributed by atoms with van der Waals surface area (Å²) < 4.78 is 0. The first kappa shape index (κ1) is 16.7. The molecule has 0 unspecified atom stereocenters. The number of thioether (sulfide) groups is 1. The molecule has 0 bridgehead atoms. The molecule has 0 atom stereocenters. The van der Waals surface area contributed by atoms with Crippen molar-refractivity contribution >= 4 is 44.9 Å². The summed E-state index contributed by atoms with van der Waals surface area (Å²) in [6, 6.07) is 7.75. The molecule has 2 aromatic heterocycles. The highest BCUT2D eigenvalue weighted by Gasteiger charge is 2.10. The minimum atomic E-state index is -0.165. The van der Waals surface area contributed by atoms with E-state index < -0.39 is 0 Å². The summed E-state index contributed by atoms with van der Waals surface area (Å²) in [6.45, 7) is 5.88. The molecule has 0 aliphatic carbocycles. The minimum absolute atomic E-state index is 0.126. The number of anilines is 1. The Hall–Kier alpha value is -2.12. The van der Waals surface area contributed by atoms with E-state index in [0.29, 0.717) is 15.4 Å². The van der Waals surface area contributed by atoms with Crippen molar-refractivity contribution in [2.45, 2.75) is 25.9 Å². The fourth-order valence-corrected chi connectivity index (χ4v) is 3.89. The second-order valence-electron chi connectivity index (χ2n) is 5.60. The van der Waals surface area contributed by atoms with Crippen LogP contribution in [0.25, 0.3) is 10.2 Å². The Morgan fingerprint density at radius 3 is 2.88 bits per heavy atom. The van der Waals surface area contributed by atoms with E-state index in [-0.39, 0.29) is 17.2 Å². The number of aromatic nitrogens is 2. The third kappa shape index (κ3) is 3.68. The van der Waals surface area contributed by atoms with Crippen LogP contribution in [0.4, 0.5) is 5.69 Å². The lowest BCUT2D eigenvalue weighted by molar-refractivity contribution is -0.113. The van der Waals surface area contributed by atoms with Crippen LogP contribution in [0.15, 0.2) is 34.2 Å². The zero-order valence-corrected chi connectivity index (χ0v) is 15.2. The van der Waals surface area contributed by atoms with Gasteiger partial charge in [-0.05, 0) is 44.0 Å². The van der Waals surface area contributed by atoms with Crippen LogP contribution in [0, 0.1) is 20.8 Å². The Morgan fingerprint density at radius 2 is 2.08 bits per heavy atom. The van der Waals surface area contributed by atoms with E-state index >= 15 is 0 Å². The highest BCUT2D eigenvalue weighted by Crippen LogP contribution is 2.23. The number of hydrogen-bond donors (Lipinski definition) is 2. The second-order valence-corrected chi connectivity index (χ2v) is 7.80. The number of carbonyl (C=O) groups excluding carboxylic acids is 1. The maximum atomic E-state index is 12.2. The number of H-pyrrole nitrogens is 1. The van der Waals surface area contributed by atoms with Gasteiger partial charge >= 0.3 is 0 Å². The van der Waals surface area contributed by atoms with Crippen LogP contribution in [0.2, 0.25) is 0 Å². The summed E-state index contributed by atoms with van der Waals surface area (Å²) in [4.78, 5) is 33.1. The molecule has 2 N–H and O–H groups in total. The first-order valence-electron chi connectivity index (χ1n) is 7.43. The van der Waals surface area contributed by atoms with Crippen LogP contribution in [0.3, 0.4) is 0 Å². The predicted octanol–water partition coefficient (Wildman–Crippen LogP) is 3.64. The Balaban J connectivity index is 1.70. The van der Waals surface area contributed by atoms with Gasteiger partial charge in [-0.15, -0.1) is 11.3 Å². The number of rotatable bonds is 4. The molecular formula is C17H17N3O2S2. The average Bonchev–Trinajstić information content (AvgIpc) is 2.90. The molecule has 24 heavy (non-hydrogen) atoms. The molecule has 1 aromatic carbocycles. The van der Waals surface area contributed by atoms with Crippen LogP contribution in [0.5, 0.6) is 0 Å². The molecule has 0 aliphatic heterocycles. The number of nitrogens with one attached hydrogen (secondary N) is 2. The first-order valence-corrected chi connectivity index (χ1v) is 9.23. The third-order valence-electron chi connectivity index (χ3n) is 3.51. The lowest BCUT2D eigenvalue weighted by atomic mass is 10.1. The van der Waals surface area contributed by atoms with Gasteiger partial charge in [-0.3, -0.25) is 9.59 Å². The van der Waals surface area contributed by atoms with Gasteiger partial charge in [-0.1, -0.05) is 23.9 Å². The number of hydrogen-bond acceptors (Lipinski definition) is 5. The summed E-state index contributed by atoms with van der Waals surface area (Å²) in [6.07, 6.45) is 0. The van der Waals surface area contributed by atoms with Crippen LogP contribution in [-0.2, 0) is 4.79 Å². The van der Waals surface area contributed by atoms with Crippen LogP contribution in [0.1, 0.15) is 16.0 Å². The van der Waals surface area contributed by atoms with Crippen LogP contribution < -0.4 is 10.9 Å². The third-order valence-corrected chi connectivity index (χ3v) is 5.33. The molecule has 3 rings (SSSR count). The molecule has 0 saturated heterocycles. The van der Waals surface area contributed by atoms with E-state index in [1.807, 2.05) is 45.0 Å².